The third kappa shape index (κ3) is 4.24. The third-order valence-electron chi connectivity index (χ3n) is 4.73. The molecule has 8 nitrogen and oxygen atoms in total. The molecule has 0 saturated carbocycles. The van der Waals surface area contributed by atoms with E-state index in [2.05, 4.69) is 10.1 Å². The molecule has 1 aliphatic rings. The predicted octanol–water partition coefficient (Wildman–Crippen LogP) is 3.05. The van der Waals surface area contributed by atoms with E-state index in [0.29, 0.717) is 23.2 Å². The first-order valence-electron chi connectivity index (χ1n) is 9.05. The Morgan fingerprint density at radius 1 is 1.17 bits per heavy atom. The van der Waals surface area contributed by atoms with Crippen LogP contribution >= 0.6 is 0 Å². The summed E-state index contributed by atoms with van der Waals surface area (Å²) >= 11 is 0. The number of nitrogens with zero attached hydrogens (tertiary/aromatic N) is 4. The molecule has 148 valence electrons. The van der Waals surface area contributed by atoms with E-state index in [4.69, 9.17) is 0 Å². The van der Waals surface area contributed by atoms with Crippen molar-refractivity contribution in [1.82, 2.24) is 9.78 Å². The summed E-state index contributed by atoms with van der Waals surface area (Å²) in [7, 11) is -3.02. The van der Waals surface area contributed by atoms with Crippen LogP contribution < -0.4 is 0 Å². The lowest BCUT2D eigenvalue weighted by atomic mass is 10.1. The van der Waals surface area contributed by atoms with Crippen molar-refractivity contribution in [3.63, 3.8) is 0 Å². The number of aliphatic imine (C=N–C) groups is 1. The molecule has 0 spiro atoms. The molecule has 2 aromatic carbocycles. The Bertz CT molecular complexity index is 1190. The van der Waals surface area contributed by atoms with Gasteiger partial charge in [-0.15, -0.1) is 0 Å². The Hall–Kier alpha value is -3.33. The molecule has 29 heavy (non-hydrogen) atoms. The van der Waals surface area contributed by atoms with Gasteiger partial charge in [-0.25, -0.2) is 13.1 Å². The van der Waals surface area contributed by atoms with Gasteiger partial charge in [-0.3, -0.25) is 15.1 Å². The number of hydrogen-bond donors (Lipinski definition) is 0. The minimum atomic E-state index is -3.02. The fraction of sp³-hybridized carbons (Fsp3) is 0.200. The smallest absolute Gasteiger partial charge is 0.270 e. The van der Waals surface area contributed by atoms with Gasteiger partial charge in [0, 0.05) is 35.7 Å². The van der Waals surface area contributed by atoms with E-state index in [0.717, 1.165) is 5.69 Å². The minimum Gasteiger partial charge on any atom is -0.288 e. The van der Waals surface area contributed by atoms with Crippen LogP contribution in [0.15, 0.2) is 65.8 Å². The van der Waals surface area contributed by atoms with E-state index in [9.17, 15) is 18.5 Å². The molecule has 1 saturated heterocycles. The molecule has 1 atom stereocenters. The predicted molar refractivity (Wildman–Crippen MR) is 110 cm³/mol. The Labute approximate surface area is 167 Å². The molecule has 3 aromatic rings. The zero-order chi connectivity index (χ0) is 20.4. The quantitative estimate of drug-likeness (QED) is 0.365. The number of nitro benzene ring substituents is 1. The second kappa shape index (κ2) is 7.59. The summed E-state index contributed by atoms with van der Waals surface area (Å²) in [5.41, 5.74) is 2.61. The zero-order valence-electron chi connectivity index (χ0n) is 15.4. The van der Waals surface area contributed by atoms with Crippen molar-refractivity contribution in [3.05, 3.63) is 76.5 Å². The normalized spacial score (nSPS) is 18.3. The van der Waals surface area contributed by atoms with Gasteiger partial charge in [-0.05, 0) is 18.6 Å². The second-order valence-electron chi connectivity index (χ2n) is 6.86. The lowest BCUT2D eigenvalue weighted by molar-refractivity contribution is -0.384. The molecule has 1 aliphatic heterocycles. The van der Waals surface area contributed by atoms with Crippen molar-refractivity contribution in [2.45, 2.75) is 12.5 Å². The summed E-state index contributed by atoms with van der Waals surface area (Å²) in [6, 6.07) is 15.5. The van der Waals surface area contributed by atoms with E-state index in [1.807, 2.05) is 30.3 Å². The topological polar surface area (TPSA) is 107 Å². The highest BCUT2D eigenvalue weighted by Gasteiger charge is 2.27. The lowest BCUT2D eigenvalue weighted by Gasteiger charge is -2.01. The number of aromatic nitrogens is 2. The Balaban J connectivity index is 1.75. The maximum absolute atomic E-state index is 11.7. The highest BCUT2D eigenvalue weighted by molar-refractivity contribution is 7.91. The van der Waals surface area contributed by atoms with Crippen LogP contribution in [0.3, 0.4) is 0 Å². The number of hydrogen-bond acceptors (Lipinski definition) is 6. The number of non-ortho nitro benzene ring substituents is 1. The molecular weight excluding hydrogens is 392 g/mol. The molecule has 0 unspecified atom stereocenters. The summed E-state index contributed by atoms with van der Waals surface area (Å²) in [4.78, 5) is 15.2. The van der Waals surface area contributed by atoms with Crippen molar-refractivity contribution in [3.8, 4) is 16.9 Å². The average Bonchev–Trinajstić information content (AvgIpc) is 3.30. The molecule has 2 heterocycles. The summed E-state index contributed by atoms with van der Waals surface area (Å²) in [5, 5.41) is 15.8. The number of benzene rings is 2. The molecule has 0 aliphatic carbocycles. The van der Waals surface area contributed by atoms with Gasteiger partial charge in [-0.2, -0.15) is 5.10 Å². The largest absolute Gasteiger partial charge is 0.288 e. The number of nitro groups is 1. The lowest BCUT2D eigenvalue weighted by Crippen LogP contribution is -2.07. The van der Waals surface area contributed by atoms with Crippen LogP contribution in [0.5, 0.6) is 0 Å². The number of para-hydroxylation sites is 1. The van der Waals surface area contributed by atoms with Crippen LogP contribution in [0.2, 0.25) is 0 Å². The maximum atomic E-state index is 11.7. The van der Waals surface area contributed by atoms with Crippen molar-refractivity contribution in [1.29, 1.82) is 0 Å². The summed E-state index contributed by atoms with van der Waals surface area (Å²) < 4.78 is 25.0. The van der Waals surface area contributed by atoms with Gasteiger partial charge < -0.3 is 0 Å². The van der Waals surface area contributed by atoms with Gasteiger partial charge in [-0.1, -0.05) is 30.3 Å². The van der Waals surface area contributed by atoms with E-state index in [1.165, 1.54) is 12.1 Å². The molecule has 0 bridgehead atoms. The monoisotopic (exact) mass is 410 g/mol. The molecule has 0 radical (unpaired) electrons. The Morgan fingerprint density at radius 3 is 2.66 bits per heavy atom. The van der Waals surface area contributed by atoms with Gasteiger partial charge in [0.25, 0.3) is 5.69 Å². The van der Waals surface area contributed by atoms with Crippen LogP contribution in [-0.4, -0.2) is 46.9 Å². The molecule has 4 rings (SSSR count). The Kier molecular flexibility index (Phi) is 4.98. The first-order valence-corrected chi connectivity index (χ1v) is 10.9. The van der Waals surface area contributed by atoms with Crippen molar-refractivity contribution in [2.24, 2.45) is 4.99 Å². The van der Waals surface area contributed by atoms with Crippen LogP contribution in [0, 0.1) is 10.1 Å². The van der Waals surface area contributed by atoms with Crippen LogP contribution in [0.25, 0.3) is 16.9 Å². The highest BCUT2D eigenvalue weighted by atomic mass is 32.2. The minimum absolute atomic E-state index is 0.0264. The summed E-state index contributed by atoms with van der Waals surface area (Å²) in [6.07, 6.45) is 3.90. The van der Waals surface area contributed by atoms with E-state index >= 15 is 0 Å². The van der Waals surface area contributed by atoms with Crippen molar-refractivity contribution >= 4 is 21.7 Å². The van der Waals surface area contributed by atoms with Gasteiger partial charge in [0.1, 0.15) is 5.69 Å². The fourth-order valence-corrected chi connectivity index (χ4v) is 4.90. The van der Waals surface area contributed by atoms with Gasteiger partial charge in [0.2, 0.25) is 0 Å². The number of sulfone groups is 1. The van der Waals surface area contributed by atoms with Crippen molar-refractivity contribution < 1.29 is 13.3 Å². The van der Waals surface area contributed by atoms with E-state index < -0.39 is 14.8 Å². The molecule has 0 N–H and O–H groups in total. The van der Waals surface area contributed by atoms with Gasteiger partial charge >= 0.3 is 0 Å². The maximum Gasteiger partial charge on any atom is 0.270 e. The number of rotatable bonds is 5. The van der Waals surface area contributed by atoms with Gasteiger partial charge in [0.05, 0.1) is 28.2 Å². The first kappa shape index (κ1) is 19.0. The third-order valence-corrected chi connectivity index (χ3v) is 6.48. The van der Waals surface area contributed by atoms with E-state index in [-0.39, 0.29) is 23.2 Å². The van der Waals surface area contributed by atoms with Crippen molar-refractivity contribution in [2.75, 3.05) is 11.5 Å². The van der Waals surface area contributed by atoms with Crippen LogP contribution in [0.1, 0.15) is 12.0 Å². The fourth-order valence-electron chi connectivity index (χ4n) is 3.26. The molecule has 9 heteroatoms. The van der Waals surface area contributed by atoms with Crippen LogP contribution in [0.4, 0.5) is 5.69 Å². The van der Waals surface area contributed by atoms with Gasteiger partial charge in [0.15, 0.2) is 9.84 Å². The standard InChI is InChI=1S/C20H18N4O4S/c25-24(26)19-8-4-5-15(11-19)20-16(12-21-17-9-10-29(27,28)14-17)13-23(22-20)18-6-2-1-3-7-18/h1-8,11-13,17H,9-10,14H2/t17-/m0/s1. The average molecular weight is 410 g/mol. The van der Waals surface area contributed by atoms with E-state index in [1.54, 1.807) is 29.2 Å². The first-order chi connectivity index (χ1) is 13.9. The SMILES string of the molecule is O=[N+]([O-])c1cccc(-c2nn(-c3ccccc3)cc2C=N[C@H]2CCS(=O)(=O)C2)c1. The molecular formula is C20H18N4O4S. The second-order valence-corrected chi connectivity index (χ2v) is 9.08. The zero-order valence-corrected chi connectivity index (χ0v) is 16.2. The molecule has 1 fully saturated rings. The Morgan fingerprint density at radius 2 is 1.97 bits per heavy atom. The summed E-state index contributed by atoms with van der Waals surface area (Å²) in [6.45, 7) is 0. The van der Waals surface area contributed by atoms with Crippen LogP contribution in [-0.2, 0) is 9.84 Å². The molecule has 0 amide bonds. The molecule has 1 aromatic heterocycles. The summed E-state index contributed by atoms with van der Waals surface area (Å²) in [5.74, 6) is 0.193. The highest BCUT2D eigenvalue weighted by Crippen LogP contribution is 2.26.